The fourth-order valence-corrected chi connectivity index (χ4v) is 2.50. The molecule has 0 radical (unpaired) electrons. The van der Waals surface area contributed by atoms with Gasteiger partial charge in [0.05, 0.1) is 19.6 Å². The van der Waals surface area contributed by atoms with Gasteiger partial charge in [-0.25, -0.2) is 0 Å². The van der Waals surface area contributed by atoms with E-state index in [2.05, 4.69) is 65.8 Å². The van der Waals surface area contributed by atoms with Crippen LogP contribution in [0.25, 0.3) is 0 Å². The highest BCUT2D eigenvalue weighted by Gasteiger charge is 2.21. The summed E-state index contributed by atoms with van der Waals surface area (Å²) in [6.45, 7) is 18.5. The third kappa shape index (κ3) is 4.92. The van der Waals surface area contributed by atoms with E-state index in [-0.39, 0.29) is 22.4 Å². The maximum atomic E-state index is 2.31. The van der Waals surface area contributed by atoms with Crippen molar-refractivity contribution >= 4 is 0 Å². The highest BCUT2D eigenvalue weighted by atomic mass is 79.9. The molecule has 0 fully saturated rings. The Hall–Kier alpha value is -0.340. The molecule has 0 aliphatic rings. The smallest absolute Gasteiger partial charge is 0.104 e. The lowest BCUT2D eigenvalue weighted by Crippen LogP contribution is -3.00. The third-order valence-electron chi connectivity index (χ3n) is 4.35. The molecule has 0 heterocycles. The maximum absolute atomic E-state index is 2.31. The summed E-state index contributed by atoms with van der Waals surface area (Å²) in [6, 6.07) is 9.22. The van der Waals surface area contributed by atoms with Crippen molar-refractivity contribution in [3.8, 4) is 0 Å². The van der Waals surface area contributed by atoms with Crippen LogP contribution >= 0.6 is 0 Å². The summed E-state index contributed by atoms with van der Waals surface area (Å²) < 4.78 is 1.19. The normalized spacial score (nSPS) is 12.1. The van der Waals surface area contributed by atoms with Gasteiger partial charge >= 0.3 is 0 Å². The first-order valence-electron chi connectivity index (χ1n) is 7.31. The lowest BCUT2D eigenvalue weighted by atomic mass is 9.86. The molecular weight excluding hydrogens is 298 g/mol. The number of hydrogen-bond acceptors (Lipinski definition) is 0. The molecule has 0 aromatic heterocycles. The van der Waals surface area contributed by atoms with Crippen LogP contribution in [-0.4, -0.2) is 24.1 Å². The number of rotatable bonds is 5. The number of nitrogens with zero attached hydrogens (tertiary/aromatic N) is 1. The van der Waals surface area contributed by atoms with E-state index in [0.29, 0.717) is 0 Å². The highest BCUT2D eigenvalue weighted by molar-refractivity contribution is 5.27. The molecule has 1 rings (SSSR count). The summed E-state index contributed by atoms with van der Waals surface area (Å²) in [5, 5.41) is 0. The fraction of sp³-hybridized carbons (Fsp3) is 0.647. The number of hydrogen-bond donors (Lipinski definition) is 0. The van der Waals surface area contributed by atoms with Crippen LogP contribution in [0.1, 0.15) is 52.7 Å². The topological polar surface area (TPSA) is 0 Å². The van der Waals surface area contributed by atoms with Gasteiger partial charge in [-0.2, -0.15) is 0 Å². The quantitative estimate of drug-likeness (QED) is 0.716. The van der Waals surface area contributed by atoms with E-state index >= 15 is 0 Å². The summed E-state index contributed by atoms with van der Waals surface area (Å²) in [7, 11) is 0. The van der Waals surface area contributed by atoms with E-state index in [1.165, 1.54) is 35.2 Å². The summed E-state index contributed by atoms with van der Waals surface area (Å²) >= 11 is 0. The van der Waals surface area contributed by atoms with Crippen molar-refractivity contribution in [1.29, 1.82) is 0 Å². The van der Waals surface area contributed by atoms with Gasteiger partial charge in [-0.05, 0) is 31.7 Å². The largest absolute Gasteiger partial charge is 1.00 e. The van der Waals surface area contributed by atoms with E-state index in [9.17, 15) is 0 Å². The van der Waals surface area contributed by atoms with Crippen LogP contribution in [0.4, 0.5) is 0 Å². The standard InChI is InChI=1S/C17H30N.BrH/c1-7-18(8-2,9-3)14-15-10-12-16(13-11-15)17(4,5)6;/h10-13H,7-9,14H2,1-6H3;1H/q+1;/p-1. The van der Waals surface area contributed by atoms with Gasteiger partial charge in [0.15, 0.2) is 0 Å². The first-order valence-corrected chi connectivity index (χ1v) is 7.31. The van der Waals surface area contributed by atoms with Crippen molar-refractivity contribution in [3.05, 3.63) is 35.4 Å². The molecule has 0 N–H and O–H groups in total. The molecule has 0 saturated carbocycles. The molecule has 0 bridgehead atoms. The molecule has 0 aliphatic carbocycles. The van der Waals surface area contributed by atoms with Crippen molar-refractivity contribution in [2.75, 3.05) is 19.6 Å². The predicted octanol–water partition coefficient (Wildman–Crippen LogP) is 1.36. The summed E-state index contributed by atoms with van der Waals surface area (Å²) in [5.74, 6) is 0. The van der Waals surface area contributed by atoms with E-state index in [0.717, 1.165) is 6.54 Å². The molecule has 0 atom stereocenters. The molecular formula is C17H30BrN. The van der Waals surface area contributed by atoms with Gasteiger partial charge in [0.25, 0.3) is 0 Å². The molecule has 0 unspecified atom stereocenters. The first kappa shape index (κ1) is 18.7. The number of benzene rings is 1. The minimum atomic E-state index is 0. The third-order valence-corrected chi connectivity index (χ3v) is 4.35. The molecule has 19 heavy (non-hydrogen) atoms. The molecule has 2 heteroatoms. The van der Waals surface area contributed by atoms with Crippen LogP contribution < -0.4 is 17.0 Å². The lowest BCUT2D eigenvalue weighted by Gasteiger charge is -2.36. The van der Waals surface area contributed by atoms with Crippen LogP contribution in [0.2, 0.25) is 0 Å². The minimum absolute atomic E-state index is 0. The van der Waals surface area contributed by atoms with Crippen molar-refractivity contribution in [1.82, 2.24) is 0 Å². The summed E-state index contributed by atoms with van der Waals surface area (Å²) in [6.07, 6.45) is 0. The van der Waals surface area contributed by atoms with E-state index < -0.39 is 0 Å². The van der Waals surface area contributed by atoms with Gasteiger partial charge in [0.2, 0.25) is 0 Å². The Bertz CT molecular complexity index is 350. The van der Waals surface area contributed by atoms with Crippen LogP contribution in [0.5, 0.6) is 0 Å². The van der Waals surface area contributed by atoms with Gasteiger partial charge in [0, 0.05) is 5.56 Å². The molecule has 0 aliphatic heterocycles. The Labute approximate surface area is 130 Å². The summed E-state index contributed by atoms with van der Waals surface area (Å²) in [4.78, 5) is 0. The highest BCUT2D eigenvalue weighted by Crippen LogP contribution is 2.23. The molecule has 1 aromatic rings. The monoisotopic (exact) mass is 327 g/mol. The van der Waals surface area contributed by atoms with Crippen LogP contribution in [-0.2, 0) is 12.0 Å². The molecule has 0 spiro atoms. The summed E-state index contributed by atoms with van der Waals surface area (Å²) in [5.41, 5.74) is 3.15. The Kier molecular flexibility index (Phi) is 7.31. The fourth-order valence-electron chi connectivity index (χ4n) is 2.50. The Balaban J connectivity index is 0.00000324. The Morgan fingerprint density at radius 1 is 0.842 bits per heavy atom. The molecule has 0 amide bonds. The zero-order chi connectivity index (χ0) is 13.8. The van der Waals surface area contributed by atoms with Gasteiger partial charge in [-0.1, -0.05) is 45.0 Å². The van der Waals surface area contributed by atoms with E-state index in [1.54, 1.807) is 0 Å². The lowest BCUT2D eigenvalue weighted by molar-refractivity contribution is -0.936. The second kappa shape index (κ2) is 7.44. The van der Waals surface area contributed by atoms with Gasteiger partial charge in [-0.3, -0.25) is 0 Å². The van der Waals surface area contributed by atoms with Crippen LogP contribution in [0, 0.1) is 0 Å². The minimum Gasteiger partial charge on any atom is -1.00 e. The van der Waals surface area contributed by atoms with Gasteiger partial charge < -0.3 is 21.5 Å². The average Bonchev–Trinajstić information content (AvgIpc) is 2.36. The van der Waals surface area contributed by atoms with Crippen LogP contribution in [0.3, 0.4) is 0 Å². The zero-order valence-electron chi connectivity index (χ0n) is 13.5. The SMILES string of the molecule is CC[N+](CC)(CC)Cc1ccc(C(C)(C)C)cc1.[Br-]. The molecule has 1 aromatic carbocycles. The van der Waals surface area contributed by atoms with Crippen molar-refractivity contribution in [2.24, 2.45) is 0 Å². The Morgan fingerprint density at radius 3 is 1.58 bits per heavy atom. The van der Waals surface area contributed by atoms with Crippen molar-refractivity contribution < 1.29 is 21.5 Å². The zero-order valence-corrected chi connectivity index (χ0v) is 15.0. The van der Waals surface area contributed by atoms with Gasteiger partial charge in [0.1, 0.15) is 6.54 Å². The first-order chi connectivity index (χ1) is 8.37. The van der Waals surface area contributed by atoms with Gasteiger partial charge in [-0.15, -0.1) is 0 Å². The average molecular weight is 328 g/mol. The predicted molar refractivity (Wildman–Crippen MR) is 80.7 cm³/mol. The second-order valence-corrected chi connectivity index (χ2v) is 6.40. The van der Waals surface area contributed by atoms with E-state index in [1.807, 2.05) is 0 Å². The van der Waals surface area contributed by atoms with Crippen molar-refractivity contribution in [2.45, 2.75) is 53.5 Å². The molecule has 1 nitrogen and oxygen atoms in total. The molecule has 110 valence electrons. The van der Waals surface area contributed by atoms with E-state index in [4.69, 9.17) is 0 Å². The Morgan fingerprint density at radius 2 is 1.26 bits per heavy atom. The van der Waals surface area contributed by atoms with Crippen LogP contribution in [0.15, 0.2) is 24.3 Å². The maximum Gasteiger partial charge on any atom is 0.104 e. The number of halogens is 1. The van der Waals surface area contributed by atoms with Crippen molar-refractivity contribution in [3.63, 3.8) is 0 Å². The second-order valence-electron chi connectivity index (χ2n) is 6.40. The molecule has 0 saturated heterocycles. The number of quaternary nitrogens is 1.